The molecule has 0 aliphatic rings. The van der Waals surface area contributed by atoms with Gasteiger partial charge in [0.1, 0.15) is 0 Å². The Labute approximate surface area is 149 Å². The third kappa shape index (κ3) is 6.86. The first-order valence-corrected chi connectivity index (χ1v) is 9.44. The molecule has 0 fully saturated rings. The van der Waals surface area contributed by atoms with Crippen LogP contribution in [-0.2, 0) is 6.42 Å². The predicted molar refractivity (Wildman–Crippen MR) is 109 cm³/mol. The highest BCUT2D eigenvalue weighted by Crippen LogP contribution is 2.24. The van der Waals surface area contributed by atoms with Gasteiger partial charge in [0.2, 0.25) is 0 Å². The van der Waals surface area contributed by atoms with Gasteiger partial charge in [-0.2, -0.15) is 0 Å². The number of rotatable bonds is 10. The van der Waals surface area contributed by atoms with Gasteiger partial charge in [-0.25, -0.2) is 0 Å². The third-order valence-electron chi connectivity index (χ3n) is 4.56. The van der Waals surface area contributed by atoms with Gasteiger partial charge in [0.05, 0.1) is 0 Å². The summed E-state index contributed by atoms with van der Waals surface area (Å²) in [4.78, 5) is 4.97. The van der Waals surface area contributed by atoms with E-state index in [2.05, 4.69) is 65.5 Å². The maximum Gasteiger partial charge on any atom is 0.0433 e. The predicted octanol–water partition coefficient (Wildman–Crippen LogP) is 6.98. The highest BCUT2D eigenvalue weighted by molar-refractivity contribution is 5.83. The summed E-state index contributed by atoms with van der Waals surface area (Å²) in [6, 6.07) is 6.73. The SMILES string of the molecule is C=C/C=C(\N=C(C)CCc1ccc(C)cc1C)C(CCC)CCC. The molecule has 0 heterocycles. The summed E-state index contributed by atoms with van der Waals surface area (Å²) in [6.07, 6.45) is 10.9. The fourth-order valence-corrected chi connectivity index (χ4v) is 3.24. The van der Waals surface area contributed by atoms with Crippen LogP contribution in [0.15, 0.2) is 47.6 Å². The molecule has 0 radical (unpaired) electrons. The van der Waals surface area contributed by atoms with Crippen LogP contribution in [0.1, 0.15) is 69.6 Å². The molecule has 0 aromatic heterocycles. The van der Waals surface area contributed by atoms with Crippen molar-refractivity contribution in [2.24, 2.45) is 10.9 Å². The summed E-state index contributed by atoms with van der Waals surface area (Å²) in [6.45, 7) is 14.9. The van der Waals surface area contributed by atoms with E-state index < -0.39 is 0 Å². The standard InChI is InChI=1S/C23H35N/c1-7-10-22(11-8-2)23(12-9-3)24-20(6)14-16-21-15-13-18(4)17-19(21)5/h9,12-13,15,17,22H,3,7-8,10-11,14,16H2,1-2,4-6H3/b23-12-,24-20?. The van der Waals surface area contributed by atoms with Crippen molar-refractivity contribution in [2.75, 3.05) is 0 Å². The van der Waals surface area contributed by atoms with Gasteiger partial charge in [-0.3, -0.25) is 4.99 Å². The molecule has 1 rings (SSSR count). The molecule has 0 atom stereocenters. The highest BCUT2D eigenvalue weighted by Gasteiger charge is 2.12. The second-order valence-electron chi connectivity index (χ2n) is 6.88. The van der Waals surface area contributed by atoms with Crippen LogP contribution in [0.2, 0.25) is 0 Å². The van der Waals surface area contributed by atoms with Crippen LogP contribution >= 0.6 is 0 Å². The van der Waals surface area contributed by atoms with Crippen LogP contribution in [0.3, 0.4) is 0 Å². The lowest BCUT2D eigenvalue weighted by molar-refractivity contribution is 0.500. The molecule has 1 aromatic carbocycles. The van der Waals surface area contributed by atoms with Crippen LogP contribution in [0.25, 0.3) is 0 Å². The Morgan fingerprint density at radius 2 is 1.83 bits per heavy atom. The van der Waals surface area contributed by atoms with E-state index >= 15 is 0 Å². The zero-order valence-electron chi connectivity index (χ0n) is 16.4. The summed E-state index contributed by atoms with van der Waals surface area (Å²) < 4.78 is 0. The third-order valence-corrected chi connectivity index (χ3v) is 4.56. The van der Waals surface area contributed by atoms with E-state index in [4.69, 9.17) is 4.99 Å². The molecule has 0 bridgehead atoms. The molecule has 132 valence electrons. The first-order valence-electron chi connectivity index (χ1n) is 9.44. The van der Waals surface area contributed by atoms with Crippen molar-refractivity contribution in [3.63, 3.8) is 0 Å². The highest BCUT2D eigenvalue weighted by atomic mass is 14.8. The van der Waals surface area contributed by atoms with Gasteiger partial charge in [0, 0.05) is 17.3 Å². The number of hydrogen-bond acceptors (Lipinski definition) is 1. The molecular formula is C23H35N. The van der Waals surface area contributed by atoms with Crippen LogP contribution in [0.5, 0.6) is 0 Å². The zero-order valence-corrected chi connectivity index (χ0v) is 16.4. The molecule has 1 nitrogen and oxygen atoms in total. The Morgan fingerprint density at radius 3 is 2.38 bits per heavy atom. The van der Waals surface area contributed by atoms with Crippen molar-refractivity contribution in [2.45, 2.75) is 73.1 Å². The Hall–Kier alpha value is -1.63. The topological polar surface area (TPSA) is 12.4 Å². The average Bonchev–Trinajstić information content (AvgIpc) is 2.53. The molecular weight excluding hydrogens is 290 g/mol. The Bertz CT molecular complexity index is 572. The maximum absolute atomic E-state index is 4.97. The first kappa shape index (κ1) is 20.4. The fraction of sp³-hybridized carbons (Fsp3) is 0.522. The van der Waals surface area contributed by atoms with Crippen LogP contribution in [0, 0.1) is 19.8 Å². The number of aryl methyl sites for hydroxylation is 3. The molecule has 0 aliphatic carbocycles. The Balaban J connectivity index is 2.82. The van der Waals surface area contributed by atoms with Gasteiger partial charge in [-0.1, -0.05) is 63.1 Å². The number of allylic oxidation sites excluding steroid dienone is 3. The largest absolute Gasteiger partial charge is 0.262 e. The van der Waals surface area contributed by atoms with Crippen molar-refractivity contribution in [1.82, 2.24) is 0 Å². The minimum absolute atomic E-state index is 0.564. The van der Waals surface area contributed by atoms with Crippen LogP contribution in [-0.4, -0.2) is 5.71 Å². The summed E-state index contributed by atoms with van der Waals surface area (Å²) in [5.74, 6) is 0.564. The molecule has 0 unspecified atom stereocenters. The lowest BCUT2D eigenvalue weighted by atomic mass is 9.94. The van der Waals surface area contributed by atoms with E-state index in [-0.39, 0.29) is 0 Å². The van der Waals surface area contributed by atoms with E-state index in [0.717, 1.165) is 12.8 Å². The van der Waals surface area contributed by atoms with E-state index in [1.54, 1.807) is 0 Å². The fourth-order valence-electron chi connectivity index (χ4n) is 3.24. The van der Waals surface area contributed by atoms with E-state index in [1.807, 2.05) is 6.08 Å². The van der Waals surface area contributed by atoms with Crippen molar-refractivity contribution in [3.05, 3.63) is 59.3 Å². The summed E-state index contributed by atoms with van der Waals surface area (Å²) >= 11 is 0. The Morgan fingerprint density at radius 1 is 1.17 bits per heavy atom. The zero-order chi connectivity index (χ0) is 17.9. The van der Waals surface area contributed by atoms with Crippen molar-refractivity contribution in [1.29, 1.82) is 0 Å². The summed E-state index contributed by atoms with van der Waals surface area (Å²) in [7, 11) is 0. The molecule has 0 aliphatic heterocycles. The van der Waals surface area contributed by atoms with Crippen LogP contribution < -0.4 is 0 Å². The van der Waals surface area contributed by atoms with E-state index in [9.17, 15) is 0 Å². The first-order chi connectivity index (χ1) is 11.5. The summed E-state index contributed by atoms with van der Waals surface area (Å²) in [5.41, 5.74) is 6.59. The molecule has 0 spiro atoms. The lowest BCUT2D eigenvalue weighted by Gasteiger charge is -2.17. The summed E-state index contributed by atoms with van der Waals surface area (Å²) in [5, 5.41) is 0. The van der Waals surface area contributed by atoms with Crippen LogP contribution in [0.4, 0.5) is 0 Å². The number of hydrogen-bond donors (Lipinski definition) is 0. The monoisotopic (exact) mass is 325 g/mol. The van der Waals surface area contributed by atoms with Crippen molar-refractivity contribution < 1.29 is 0 Å². The molecule has 1 heteroatoms. The maximum atomic E-state index is 4.97. The molecule has 0 saturated heterocycles. The van der Waals surface area contributed by atoms with Gasteiger partial charge in [-0.15, -0.1) is 0 Å². The minimum Gasteiger partial charge on any atom is -0.262 e. The van der Waals surface area contributed by atoms with Gasteiger partial charge in [-0.05, 0) is 63.7 Å². The molecule has 1 aromatic rings. The normalized spacial score (nSPS) is 12.8. The van der Waals surface area contributed by atoms with Crippen molar-refractivity contribution in [3.8, 4) is 0 Å². The van der Waals surface area contributed by atoms with Crippen molar-refractivity contribution >= 4 is 5.71 Å². The van der Waals surface area contributed by atoms with Gasteiger partial charge in [0.15, 0.2) is 0 Å². The van der Waals surface area contributed by atoms with E-state index in [1.165, 1.54) is 53.8 Å². The Kier molecular flexibility index (Phi) is 9.37. The molecule has 24 heavy (non-hydrogen) atoms. The lowest BCUT2D eigenvalue weighted by Crippen LogP contribution is -2.05. The molecule has 0 saturated carbocycles. The van der Waals surface area contributed by atoms with Gasteiger partial charge >= 0.3 is 0 Å². The smallest absolute Gasteiger partial charge is 0.0433 e. The second kappa shape index (κ2) is 11.0. The average molecular weight is 326 g/mol. The second-order valence-corrected chi connectivity index (χ2v) is 6.88. The number of nitrogens with zero attached hydrogens (tertiary/aromatic N) is 1. The van der Waals surface area contributed by atoms with E-state index in [0.29, 0.717) is 5.92 Å². The molecule has 0 amide bonds. The number of benzene rings is 1. The molecule has 0 N–H and O–H groups in total. The quantitative estimate of drug-likeness (QED) is 0.325. The minimum atomic E-state index is 0.564. The van der Waals surface area contributed by atoms with Gasteiger partial charge < -0.3 is 0 Å². The number of aliphatic imine (C=N–C) groups is 1. The van der Waals surface area contributed by atoms with Gasteiger partial charge in [0.25, 0.3) is 0 Å².